The highest BCUT2D eigenvalue weighted by atomic mass is 35.5. The number of esters is 1. The summed E-state index contributed by atoms with van der Waals surface area (Å²) in [7, 11) is 0. The van der Waals surface area contributed by atoms with Crippen molar-refractivity contribution in [3.8, 4) is 0 Å². The minimum atomic E-state index is -0.532. The third kappa shape index (κ3) is 5.53. The molecule has 0 aromatic rings. The molecule has 0 unspecified atom stereocenters. The van der Waals surface area contributed by atoms with Crippen molar-refractivity contribution in [2.24, 2.45) is 40.4 Å². The van der Waals surface area contributed by atoms with Crippen LogP contribution in [-0.4, -0.2) is 17.5 Å². The Hall–Kier alpha value is -0.500. The summed E-state index contributed by atoms with van der Waals surface area (Å²) in [5.41, 5.74) is 2.47. The van der Waals surface area contributed by atoms with Crippen molar-refractivity contribution in [1.82, 2.24) is 0 Å². The first-order valence-electron chi connectivity index (χ1n) is 15.2. The van der Waals surface area contributed by atoms with Gasteiger partial charge in [-0.15, -0.1) is 11.6 Å². The van der Waals surface area contributed by atoms with Gasteiger partial charge in [-0.25, -0.2) is 0 Å². The average molecular weight is 505 g/mol. The Bertz CT molecular complexity index is 759. The molecule has 8 atom stereocenters. The van der Waals surface area contributed by atoms with E-state index in [1.165, 1.54) is 77.0 Å². The van der Waals surface area contributed by atoms with E-state index in [1.54, 1.807) is 5.57 Å². The maximum absolute atomic E-state index is 12.5. The number of hydrogen-bond acceptors (Lipinski definition) is 2. The monoisotopic (exact) mass is 504 g/mol. The van der Waals surface area contributed by atoms with Gasteiger partial charge >= 0.3 is 5.97 Å². The number of rotatable bonds is 10. The lowest BCUT2D eigenvalue weighted by molar-refractivity contribution is -0.151. The highest BCUT2D eigenvalue weighted by Crippen LogP contribution is 2.66. The highest BCUT2D eigenvalue weighted by Gasteiger charge is 2.58. The zero-order valence-corrected chi connectivity index (χ0v) is 24.2. The van der Waals surface area contributed by atoms with Crippen molar-refractivity contribution >= 4 is 17.6 Å². The Morgan fingerprint density at radius 1 is 1.03 bits per heavy atom. The average Bonchev–Trinajstić information content (AvgIpc) is 3.17. The predicted molar refractivity (Wildman–Crippen MR) is 148 cm³/mol. The first-order valence-corrected chi connectivity index (χ1v) is 15.7. The molecule has 35 heavy (non-hydrogen) atoms. The third-order valence-electron chi connectivity index (χ3n) is 11.3. The fourth-order valence-corrected chi connectivity index (χ4v) is 9.04. The molecule has 3 saturated carbocycles. The molecule has 0 N–H and O–H groups in total. The van der Waals surface area contributed by atoms with Crippen LogP contribution in [0.1, 0.15) is 131 Å². The molecule has 0 saturated heterocycles. The van der Waals surface area contributed by atoms with E-state index in [0.29, 0.717) is 10.8 Å². The molecule has 0 amide bonds. The molecule has 4 aliphatic rings. The van der Waals surface area contributed by atoms with Gasteiger partial charge < -0.3 is 4.74 Å². The van der Waals surface area contributed by atoms with Gasteiger partial charge in [-0.05, 0) is 91.8 Å². The maximum Gasteiger partial charge on any atom is 0.324 e. The summed E-state index contributed by atoms with van der Waals surface area (Å²) in [4.78, 5) is 12.5. The maximum atomic E-state index is 12.5. The third-order valence-corrected chi connectivity index (χ3v) is 11.9. The van der Waals surface area contributed by atoms with E-state index in [1.807, 2.05) is 13.8 Å². The molecule has 4 rings (SSSR count). The molecule has 0 bridgehead atoms. The molecule has 3 heteroatoms. The SMILES string of the molecule is CCCCCCCC[C@H]1CC[C@H]2[C@H]3CC=C4C[C@@H](OC(=O)[C@H](Cl)C(C)C)CC[C@]4(C)[C@@H]3CC[C@]12C. The summed E-state index contributed by atoms with van der Waals surface area (Å²) >= 11 is 6.29. The Balaban J connectivity index is 1.36. The number of alkyl halides is 1. The van der Waals surface area contributed by atoms with Crippen LogP contribution in [0.15, 0.2) is 11.6 Å². The molecule has 0 aliphatic heterocycles. The van der Waals surface area contributed by atoms with Crippen LogP contribution < -0.4 is 0 Å². The van der Waals surface area contributed by atoms with Crippen LogP contribution in [-0.2, 0) is 9.53 Å². The Morgan fingerprint density at radius 3 is 2.51 bits per heavy atom. The number of carbonyl (C=O) groups is 1. The van der Waals surface area contributed by atoms with E-state index < -0.39 is 5.38 Å². The molecule has 0 spiro atoms. The van der Waals surface area contributed by atoms with Crippen molar-refractivity contribution in [3.05, 3.63) is 11.6 Å². The summed E-state index contributed by atoms with van der Waals surface area (Å²) in [6.07, 6.45) is 22.7. The number of fused-ring (bicyclic) bond motifs is 5. The number of hydrogen-bond donors (Lipinski definition) is 0. The topological polar surface area (TPSA) is 26.3 Å². The van der Waals surface area contributed by atoms with Crippen LogP contribution in [0.4, 0.5) is 0 Å². The molecule has 0 aromatic carbocycles. The predicted octanol–water partition coefficient (Wildman–Crippen LogP) is 9.49. The van der Waals surface area contributed by atoms with Crippen molar-refractivity contribution in [1.29, 1.82) is 0 Å². The fourth-order valence-electron chi connectivity index (χ4n) is 8.98. The summed E-state index contributed by atoms with van der Waals surface area (Å²) in [5, 5.41) is -0.532. The fraction of sp³-hybridized carbons (Fsp3) is 0.906. The molecule has 2 nitrogen and oxygen atoms in total. The Kier molecular flexibility index (Phi) is 9.04. The van der Waals surface area contributed by atoms with Crippen LogP contribution in [0.2, 0.25) is 0 Å². The van der Waals surface area contributed by atoms with Gasteiger partial charge in [0.25, 0.3) is 0 Å². The molecule has 200 valence electrons. The van der Waals surface area contributed by atoms with E-state index in [2.05, 4.69) is 26.8 Å². The Labute approximate surface area is 221 Å². The molecule has 3 fully saturated rings. The number of halogens is 1. The second kappa shape index (κ2) is 11.5. The minimum absolute atomic E-state index is 0.0143. The van der Waals surface area contributed by atoms with Gasteiger partial charge in [0.1, 0.15) is 11.5 Å². The van der Waals surface area contributed by atoms with Gasteiger partial charge in [0.15, 0.2) is 0 Å². The minimum Gasteiger partial charge on any atom is -0.461 e. The highest BCUT2D eigenvalue weighted by molar-refractivity contribution is 6.30. The van der Waals surface area contributed by atoms with Gasteiger partial charge in [-0.1, -0.05) is 84.8 Å². The summed E-state index contributed by atoms with van der Waals surface area (Å²) < 4.78 is 5.90. The smallest absolute Gasteiger partial charge is 0.324 e. The molecule has 4 aliphatic carbocycles. The summed E-state index contributed by atoms with van der Waals surface area (Å²) in [6, 6.07) is 0. The lowest BCUT2D eigenvalue weighted by atomic mass is 9.47. The first-order chi connectivity index (χ1) is 16.7. The summed E-state index contributed by atoms with van der Waals surface area (Å²) in [5.74, 6) is 3.45. The van der Waals surface area contributed by atoms with Crippen molar-refractivity contribution in [3.63, 3.8) is 0 Å². The lowest BCUT2D eigenvalue weighted by Gasteiger charge is -2.58. The zero-order chi connectivity index (χ0) is 25.2. The number of allylic oxidation sites excluding steroid dienone is 1. The van der Waals surface area contributed by atoms with Crippen LogP contribution in [0, 0.1) is 40.4 Å². The normalized spacial score (nSPS) is 39.4. The van der Waals surface area contributed by atoms with E-state index in [-0.39, 0.29) is 18.0 Å². The number of ether oxygens (including phenoxy) is 1. The van der Waals surface area contributed by atoms with Gasteiger partial charge in [-0.3, -0.25) is 4.79 Å². The van der Waals surface area contributed by atoms with E-state index in [9.17, 15) is 4.79 Å². The first kappa shape index (κ1) is 27.5. The standard InChI is InChI=1S/C32H53ClO2/c1-6-7-8-9-10-11-12-23-14-16-27-26-15-13-24-21-25(35-30(34)29(33)22(2)3)17-19-32(24,5)28(26)18-20-31(23,27)4/h13,22-23,25-29H,6-12,14-21H2,1-5H3/t23-,25-,26+,27-,28+,29+,31+,32-/m0/s1. The molecular formula is C32H53ClO2. The molecular weight excluding hydrogens is 452 g/mol. The van der Waals surface area contributed by atoms with Gasteiger partial charge in [0.2, 0.25) is 0 Å². The second-order valence-corrected chi connectivity index (χ2v) is 14.1. The number of unbranched alkanes of at least 4 members (excludes halogenated alkanes) is 5. The zero-order valence-electron chi connectivity index (χ0n) is 23.4. The number of carbonyl (C=O) groups excluding carboxylic acids is 1. The van der Waals surface area contributed by atoms with Crippen molar-refractivity contribution in [2.75, 3.05) is 0 Å². The van der Waals surface area contributed by atoms with Crippen molar-refractivity contribution in [2.45, 2.75) is 142 Å². The van der Waals surface area contributed by atoms with Crippen LogP contribution in [0.3, 0.4) is 0 Å². The van der Waals surface area contributed by atoms with Gasteiger partial charge in [0, 0.05) is 6.42 Å². The largest absolute Gasteiger partial charge is 0.461 e. The second-order valence-electron chi connectivity index (χ2n) is 13.6. The van der Waals surface area contributed by atoms with E-state index in [0.717, 1.165) is 42.9 Å². The van der Waals surface area contributed by atoms with Crippen LogP contribution in [0.5, 0.6) is 0 Å². The molecule has 0 radical (unpaired) electrons. The quantitative estimate of drug-likeness (QED) is 0.128. The van der Waals surface area contributed by atoms with E-state index >= 15 is 0 Å². The van der Waals surface area contributed by atoms with Crippen LogP contribution >= 0.6 is 11.6 Å². The summed E-state index contributed by atoms with van der Waals surface area (Å²) in [6.45, 7) is 11.5. The molecule has 0 heterocycles. The Morgan fingerprint density at radius 2 is 1.77 bits per heavy atom. The molecule has 0 aromatic heterocycles. The van der Waals surface area contributed by atoms with E-state index in [4.69, 9.17) is 16.3 Å². The lowest BCUT2D eigenvalue weighted by Crippen LogP contribution is -2.50. The van der Waals surface area contributed by atoms with Crippen molar-refractivity contribution < 1.29 is 9.53 Å². The van der Waals surface area contributed by atoms with Gasteiger partial charge in [-0.2, -0.15) is 0 Å². The van der Waals surface area contributed by atoms with Gasteiger partial charge in [0.05, 0.1) is 0 Å². The van der Waals surface area contributed by atoms with Crippen LogP contribution in [0.25, 0.3) is 0 Å².